The first kappa shape index (κ1) is 17.0. The van der Waals surface area contributed by atoms with Gasteiger partial charge in [0.1, 0.15) is 6.04 Å². The zero-order valence-electron chi connectivity index (χ0n) is 14.7. The quantitative estimate of drug-likeness (QED) is 0.774. The lowest BCUT2D eigenvalue weighted by Crippen LogP contribution is -2.43. The Bertz CT molecular complexity index is 940. The molecule has 0 spiro atoms. The summed E-state index contributed by atoms with van der Waals surface area (Å²) in [7, 11) is 0. The average molecular weight is 361 g/mol. The van der Waals surface area contributed by atoms with E-state index in [4.69, 9.17) is 0 Å². The Hall–Kier alpha value is -3.48. The molecule has 1 aromatic carbocycles. The van der Waals surface area contributed by atoms with Crippen molar-refractivity contribution in [1.29, 1.82) is 0 Å². The van der Waals surface area contributed by atoms with Gasteiger partial charge in [0, 0.05) is 37.0 Å². The van der Waals surface area contributed by atoms with Crippen LogP contribution in [0.1, 0.15) is 23.2 Å². The lowest BCUT2D eigenvalue weighted by atomic mass is 10.1. The first-order valence-corrected chi connectivity index (χ1v) is 8.84. The van der Waals surface area contributed by atoms with E-state index in [-0.39, 0.29) is 11.8 Å². The van der Waals surface area contributed by atoms with Crippen molar-refractivity contribution >= 4 is 17.5 Å². The summed E-state index contributed by atoms with van der Waals surface area (Å²) < 4.78 is 1.73. The molecule has 1 fully saturated rings. The molecule has 27 heavy (non-hydrogen) atoms. The van der Waals surface area contributed by atoms with Gasteiger partial charge < -0.3 is 10.2 Å². The Morgan fingerprint density at radius 1 is 1.11 bits per heavy atom. The summed E-state index contributed by atoms with van der Waals surface area (Å²) in [6.07, 6.45) is 8.15. The van der Waals surface area contributed by atoms with Gasteiger partial charge in [0.25, 0.3) is 5.91 Å². The minimum Gasteiger partial charge on any atom is -0.327 e. The van der Waals surface area contributed by atoms with Crippen LogP contribution in [0, 0.1) is 0 Å². The summed E-state index contributed by atoms with van der Waals surface area (Å²) in [6.45, 7) is 0.569. The first-order valence-electron chi connectivity index (χ1n) is 8.84. The van der Waals surface area contributed by atoms with E-state index < -0.39 is 6.04 Å². The number of carbonyl (C=O) groups excluding carboxylic acids is 2. The molecule has 2 aromatic heterocycles. The zero-order chi connectivity index (χ0) is 18.6. The third-order valence-corrected chi connectivity index (χ3v) is 4.61. The van der Waals surface area contributed by atoms with Crippen LogP contribution in [-0.4, -0.2) is 44.1 Å². The van der Waals surface area contributed by atoms with Crippen LogP contribution in [0.3, 0.4) is 0 Å². The van der Waals surface area contributed by atoms with Gasteiger partial charge in [-0.3, -0.25) is 14.6 Å². The first-order chi connectivity index (χ1) is 13.2. The molecule has 0 unspecified atom stereocenters. The number of nitrogens with zero attached hydrogens (tertiary/aromatic N) is 4. The molecule has 7 heteroatoms. The van der Waals surface area contributed by atoms with Crippen LogP contribution in [0.25, 0.3) is 5.69 Å². The van der Waals surface area contributed by atoms with Crippen LogP contribution in [0.2, 0.25) is 0 Å². The van der Waals surface area contributed by atoms with Crippen LogP contribution < -0.4 is 5.32 Å². The predicted octanol–water partition coefficient (Wildman–Crippen LogP) is 2.51. The summed E-state index contributed by atoms with van der Waals surface area (Å²) in [5.74, 6) is -0.339. The number of aromatic nitrogens is 3. The maximum atomic E-state index is 12.8. The Labute approximate surface area is 156 Å². The fraction of sp³-hybridized carbons (Fsp3) is 0.200. The van der Waals surface area contributed by atoms with Crippen molar-refractivity contribution in [3.63, 3.8) is 0 Å². The molecule has 1 atom stereocenters. The lowest BCUT2D eigenvalue weighted by Gasteiger charge is -2.24. The molecular weight excluding hydrogens is 342 g/mol. The van der Waals surface area contributed by atoms with Crippen LogP contribution >= 0.6 is 0 Å². The van der Waals surface area contributed by atoms with E-state index in [2.05, 4.69) is 15.4 Å². The van der Waals surface area contributed by atoms with E-state index in [1.807, 2.05) is 36.5 Å². The van der Waals surface area contributed by atoms with Crippen LogP contribution in [0.4, 0.5) is 5.69 Å². The molecule has 1 saturated heterocycles. The molecule has 0 radical (unpaired) electrons. The van der Waals surface area contributed by atoms with E-state index in [1.54, 1.807) is 34.1 Å². The molecule has 7 nitrogen and oxygen atoms in total. The Morgan fingerprint density at radius 2 is 2.04 bits per heavy atom. The van der Waals surface area contributed by atoms with Crippen molar-refractivity contribution in [1.82, 2.24) is 19.7 Å². The fourth-order valence-electron chi connectivity index (χ4n) is 3.31. The fourth-order valence-corrected chi connectivity index (χ4v) is 3.31. The molecule has 1 aliphatic heterocycles. The number of hydrogen-bond donors (Lipinski definition) is 1. The molecule has 3 heterocycles. The molecule has 0 aliphatic carbocycles. The van der Waals surface area contributed by atoms with E-state index >= 15 is 0 Å². The second kappa shape index (κ2) is 7.41. The maximum Gasteiger partial charge on any atom is 0.256 e. The van der Waals surface area contributed by atoms with Gasteiger partial charge in [0.05, 0.1) is 11.3 Å². The highest BCUT2D eigenvalue weighted by Crippen LogP contribution is 2.22. The number of amides is 2. The molecular formula is C20H19N5O2. The van der Waals surface area contributed by atoms with Gasteiger partial charge in [-0.15, -0.1) is 0 Å². The number of benzene rings is 1. The van der Waals surface area contributed by atoms with E-state index in [1.165, 1.54) is 6.20 Å². The highest BCUT2D eigenvalue weighted by molar-refractivity contribution is 6.01. The van der Waals surface area contributed by atoms with E-state index in [0.29, 0.717) is 24.2 Å². The van der Waals surface area contributed by atoms with Crippen LogP contribution in [0.15, 0.2) is 67.3 Å². The molecule has 0 bridgehead atoms. The van der Waals surface area contributed by atoms with E-state index in [0.717, 1.165) is 12.1 Å². The average Bonchev–Trinajstić information content (AvgIpc) is 3.40. The van der Waals surface area contributed by atoms with E-state index in [9.17, 15) is 9.59 Å². The Balaban J connectivity index is 1.49. The Kier molecular flexibility index (Phi) is 4.65. The summed E-state index contributed by atoms with van der Waals surface area (Å²) in [4.78, 5) is 31.2. The highest BCUT2D eigenvalue weighted by atomic mass is 16.2. The predicted molar refractivity (Wildman–Crippen MR) is 100 cm³/mol. The molecule has 4 rings (SSSR count). The topological polar surface area (TPSA) is 80.1 Å². The molecule has 1 aliphatic rings. The van der Waals surface area contributed by atoms with Crippen molar-refractivity contribution in [3.05, 3.63) is 72.8 Å². The van der Waals surface area contributed by atoms with Crippen LogP contribution in [0.5, 0.6) is 0 Å². The summed E-state index contributed by atoms with van der Waals surface area (Å²) in [6, 6.07) is 12.3. The molecule has 0 saturated carbocycles. The van der Waals surface area contributed by atoms with Gasteiger partial charge in [-0.05, 0) is 49.2 Å². The third kappa shape index (κ3) is 3.57. The lowest BCUT2D eigenvalue weighted by molar-refractivity contribution is -0.119. The molecule has 136 valence electrons. The van der Waals surface area contributed by atoms with Gasteiger partial charge >= 0.3 is 0 Å². The third-order valence-electron chi connectivity index (χ3n) is 4.61. The second-order valence-corrected chi connectivity index (χ2v) is 6.39. The monoisotopic (exact) mass is 361 g/mol. The van der Waals surface area contributed by atoms with Crippen molar-refractivity contribution in [2.24, 2.45) is 0 Å². The summed E-state index contributed by atoms with van der Waals surface area (Å²) in [5.41, 5.74) is 2.03. The largest absolute Gasteiger partial charge is 0.327 e. The molecule has 1 N–H and O–H groups in total. The number of pyridine rings is 1. The maximum absolute atomic E-state index is 12.8. The SMILES string of the molecule is O=C(Nc1cccc(-n2cccn2)c1)[C@H]1CCCN1C(=O)c1cccnc1. The van der Waals surface area contributed by atoms with Gasteiger partial charge in [-0.2, -0.15) is 5.10 Å². The normalized spacial score (nSPS) is 16.3. The van der Waals surface area contributed by atoms with Crippen molar-refractivity contribution < 1.29 is 9.59 Å². The number of carbonyl (C=O) groups is 2. The number of likely N-dealkylation sites (tertiary alicyclic amines) is 1. The second-order valence-electron chi connectivity index (χ2n) is 6.39. The van der Waals surface area contributed by atoms with Gasteiger partial charge in [-0.1, -0.05) is 6.07 Å². The van der Waals surface area contributed by atoms with Crippen molar-refractivity contribution in [2.45, 2.75) is 18.9 Å². The number of hydrogen-bond acceptors (Lipinski definition) is 4. The minimum atomic E-state index is -0.480. The minimum absolute atomic E-state index is 0.161. The van der Waals surface area contributed by atoms with Gasteiger partial charge in [0.15, 0.2) is 0 Å². The number of nitrogens with one attached hydrogen (secondary N) is 1. The van der Waals surface area contributed by atoms with Gasteiger partial charge in [0.2, 0.25) is 5.91 Å². The molecule has 3 aromatic rings. The molecule has 2 amide bonds. The van der Waals surface area contributed by atoms with Crippen LogP contribution in [-0.2, 0) is 4.79 Å². The highest BCUT2D eigenvalue weighted by Gasteiger charge is 2.34. The summed E-state index contributed by atoms with van der Waals surface area (Å²) >= 11 is 0. The number of anilines is 1. The van der Waals surface area contributed by atoms with Crippen molar-refractivity contribution in [3.8, 4) is 5.69 Å². The van der Waals surface area contributed by atoms with Gasteiger partial charge in [-0.25, -0.2) is 4.68 Å². The Morgan fingerprint density at radius 3 is 2.81 bits per heavy atom. The summed E-state index contributed by atoms with van der Waals surface area (Å²) in [5, 5.41) is 7.13. The van der Waals surface area contributed by atoms with Crippen molar-refractivity contribution in [2.75, 3.05) is 11.9 Å². The number of rotatable bonds is 4. The standard InChI is InChI=1S/C20H19N5O2/c26-19(23-16-6-1-7-17(13-16)25-12-4-10-22-25)18-8-3-11-24(18)20(27)15-5-2-9-21-14-15/h1-2,4-7,9-10,12-14,18H,3,8,11H2,(H,23,26)/t18-/m1/s1. The smallest absolute Gasteiger partial charge is 0.256 e. The zero-order valence-corrected chi connectivity index (χ0v) is 14.7.